The van der Waals surface area contributed by atoms with Crippen molar-refractivity contribution in [1.29, 1.82) is 0 Å². The number of carbonyl (C=O) groups excluding carboxylic acids is 2. The van der Waals surface area contributed by atoms with Gasteiger partial charge in [0.15, 0.2) is 0 Å². The smallest absolute Gasteiger partial charge is 0.343 e. The molecular weight excluding hydrogens is 692 g/mol. The van der Waals surface area contributed by atoms with Gasteiger partial charge in [0.1, 0.15) is 23.0 Å². The van der Waals surface area contributed by atoms with E-state index in [0.29, 0.717) is 42.3 Å². The minimum Gasteiger partial charge on any atom is -0.494 e. The van der Waals surface area contributed by atoms with E-state index >= 15 is 0 Å². The third-order valence-corrected chi connectivity index (χ3v) is 9.30. The Morgan fingerprint density at radius 3 is 1.44 bits per heavy atom. The number of hydrogen-bond acceptors (Lipinski definition) is 6. The van der Waals surface area contributed by atoms with Crippen molar-refractivity contribution in [2.24, 2.45) is 0 Å². The average Bonchev–Trinajstić information content (AvgIpc) is 3.13. The first-order valence-corrected chi connectivity index (χ1v) is 20.2. The fourth-order valence-electron chi connectivity index (χ4n) is 5.70. The first-order chi connectivity index (χ1) is 24.5. The summed E-state index contributed by atoms with van der Waals surface area (Å²) in [6.45, 7) is 5.71. The molecule has 0 aliphatic rings. The van der Waals surface area contributed by atoms with Crippen LogP contribution in [0.1, 0.15) is 149 Å². The zero-order chi connectivity index (χ0) is 35.7. The molecule has 3 aromatic rings. The van der Waals surface area contributed by atoms with Gasteiger partial charge < -0.3 is 18.9 Å². The largest absolute Gasteiger partial charge is 0.494 e. The van der Waals surface area contributed by atoms with Crippen molar-refractivity contribution in [3.63, 3.8) is 0 Å². The molecule has 0 N–H and O–H groups in total. The molecule has 274 valence electrons. The Balaban J connectivity index is 1.59. The zero-order valence-electron chi connectivity index (χ0n) is 30.5. The lowest BCUT2D eigenvalue weighted by Crippen LogP contribution is -2.11. The molecule has 0 amide bonds. The van der Waals surface area contributed by atoms with Crippen LogP contribution in [0.25, 0.3) is 0 Å². The van der Waals surface area contributed by atoms with Gasteiger partial charge in [-0.15, -0.1) is 0 Å². The maximum absolute atomic E-state index is 13.2. The highest BCUT2D eigenvalue weighted by Crippen LogP contribution is 2.28. The van der Waals surface area contributed by atoms with Crippen LogP contribution in [0.15, 0.2) is 66.7 Å². The van der Waals surface area contributed by atoms with Crippen LogP contribution in [0, 0.1) is 0 Å². The number of esters is 2. The molecule has 0 saturated carbocycles. The number of ether oxygens (including phenoxy) is 4. The average molecular weight is 752 g/mol. The monoisotopic (exact) mass is 750 g/mol. The number of aryl methyl sites for hydroxylation is 1. The highest BCUT2D eigenvalue weighted by atomic mass is 79.9. The quantitative estimate of drug-likeness (QED) is 0.0334. The van der Waals surface area contributed by atoms with Crippen molar-refractivity contribution in [2.75, 3.05) is 18.5 Å². The third-order valence-electron chi connectivity index (χ3n) is 8.74. The molecule has 50 heavy (non-hydrogen) atoms. The standard InChI is InChI=1S/C43H59BrO6/c1-3-5-7-18-32-47-38-25-21-35(22-26-38)42(45)49-40-29-30-41(37(34-40)20-16-14-12-10-9-11-13-15-17-31-44)50-43(46)36-23-27-39(28-24-36)48-33-19-8-6-4-2/h21-30,34H,3-20,31-33H2,1-2H3. The topological polar surface area (TPSA) is 71.1 Å². The van der Waals surface area contributed by atoms with Crippen molar-refractivity contribution >= 4 is 27.9 Å². The first-order valence-electron chi connectivity index (χ1n) is 19.1. The van der Waals surface area contributed by atoms with Crippen molar-refractivity contribution in [3.8, 4) is 23.0 Å². The summed E-state index contributed by atoms with van der Waals surface area (Å²) in [4.78, 5) is 26.2. The van der Waals surface area contributed by atoms with Crippen LogP contribution in [0.4, 0.5) is 0 Å². The summed E-state index contributed by atoms with van der Waals surface area (Å²) in [6, 6.07) is 19.4. The molecule has 6 nitrogen and oxygen atoms in total. The number of unbranched alkanes of at least 4 members (excludes halogenated alkanes) is 14. The summed E-state index contributed by atoms with van der Waals surface area (Å²) < 4.78 is 23.3. The summed E-state index contributed by atoms with van der Waals surface area (Å²) in [5, 5.41) is 1.09. The molecular formula is C43H59BrO6. The number of benzene rings is 3. The van der Waals surface area contributed by atoms with Gasteiger partial charge in [0.25, 0.3) is 0 Å². The van der Waals surface area contributed by atoms with Crippen LogP contribution < -0.4 is 18.9 Å². The van der Waals surface area contributed by atoms with E-state index in [1.165, 1.54) is 70.6 Å². The number of carbonyl (C=O) groups is 2. The van der Waals surface area contributed by atoms with Gasteiger partial charge in [-0.3, -0.25) is 0 Å². The lowest BCUT2D eigenvalue weighted by atomic mass is 10.0. The summed E-state index contributed by atoms with van der Waals surface area (Å²) in [7, 11) is 0. The van der Waals surface area contributed by atoms with Gasteiger partial charge in [0, 0.05) is 5.33 Å². The van der Waals surface area contributed by atoms with Gasteiger partial charge >= 0.3 is 11.9 Å². The van der Waals surface area contributed by atoms with Crippen molar-refractivity contribution in [3.05, 3.63) is 83.4 Å². The maximum atomic E-state index is 13.2. The minimum atomic E-state index is -0.445. The zero-order valence-corrected chi connectivity index (χ0v) is 32.1. The molecule has 3 aromatic carbocycles. The molecule has 0 atom stereocenters. The highest BCUT2D eigenvalue weighted by Gasteiger charge is 2.16. The van der Waals surface area contributed by atoms with Gasteiger partial charge in [-0.1, -0.05) is 113 Å². The van der Waals surface area contributed by atoms with Crippen LogP contribution in [0.2, 0.25) is 0 Å². The van der Waals surface area contributed by atoms with Crippen molar-refractivity contribution in [2.45, 2.75) is 129 Å². The molecule has 0 fully saturated rings. The van der Waals surface area contributed by atoms with Gasteiger partial charge in [-0.25, -0.2) is 9.59 Å². The normalized spacial score (nSPS) is 10.9. The van der Waals surface area contributed by atoms with E-state index in [1.807, 2.05) is 18.2 Å². The van der Waals surface area contributed by atoms with Crippen molar-refractivity contribution in [1.82, 2.24) is 0 Å². The minimum absolute atomic E-state index is 0.421. The van der Waals surface area contributed by atoms with E-state index in [9.17, 15) is 9.59 Å². The van der Waals surface area contributed by atoms with Gasteiger partial charge in [-0.05, 0) is 104 Å². The van der Waals surface area contributed by atoms with Crippen molar-refractivity contribution < 1.29 is 28.5 Å². The third kappa shape index (κ3) is 16.6. The Kier molecular flexibility index (Phi) is 21.0. The number of hydrogen-bond donors (Lipinski definition) is 0. The van der Waals surface area contributed by atoms with Crippen LogP contribution in [0.3, 0.4) is 0 Å². The fraction of sp³-hybridized carbons (Fsp3) is 0.535. The molecule has 0 saturated heterocycles. The molecule has 0 heterocycles. The Labute approximate surface area is 309 Å². The van der Waals surface area contributed by atoms with E-state index in [1.54, 1.807) is 48.5 Å². The molecule has 0 spiro atoms. The van der Waals surface area contributed by atoms with E-state index in [0.717, 1.165) is 60.9 Å². The molecule has 0 radical (unpaired) electrons. The van der Waals surface area contributed by atoms with E-state index < -0.39 is 11.9 Å². The number of alkyl halides is 1. The summed E-state index contributed by atoms with van der Waals surface area (Å²) in [6.07, 6.45) is 20.7. The number of halogens is 1. The summed E-state index contributed by atoms with van der Waals surface area (Å²) >= 11 is 3.51. The Morgan fingerprint density at radius 1 is 0.500 bits per heavy atom. The molecule has 0 unspecified atom stereocenters. The lowest BCUT2D eigenvalue weighted by Gasteiger charge is -2.13. The van der Waals surface area contributed by atoms with Crippen LogP contribution in [-0.2, 0) is 6.42 Å². The maximum Gasteiger partial charge on any atom is 0.343 e. The van der Waals surface area contributed by atoms with E-state index in [-0.39, 0.29) is 0 Å². The first kappa shape index (κ1) is 41.1. The van der Waals surface area contributed by atoms with Gasteiger partial charge in [0.05, 0.1) is 24.3 Å². The fourth-order valence-corrected chi connectivity index (χ4v) is 6.10. The molecule has 3 rings (SSSR count). The van der Waals surface area contributed by atoms with Crippen LogP contribution >= 0.6 is 15.9 Å². The van der Waals surface area contributed by atoms with E-state index in [4.69, 9.17) is 18.9 Å². The highest BCUT2D eigenvalue weighted by molar-refractivity contribution is 9.09. The van der Waals surface area contributed by atoms with Crippen LogP contribution in [0.5, 0.6) is 23.0 Å². The number of rotatable bonds is 27. The molecule has 0 bridgehead atoms. The second-order valence-electron chi connectivity index (χ2n) is 13.0. The predicted octanol–water partition coefficient (Wildman–Crippen LogP) is 12.5. The summed E-state index contributed by atoms with van der Waals surface area (Å²) in [5.74, 6) is 1.51. The van der Waals surface area contributed by atoms with Crippen LogP contribution in [-0.4, -0.2) is 30.5 Å². The molecule has 0 aliphatic heterocycles. The molecule has 7 heteroatoms. The Morgan fingerprint density at radius 2 is 0.940 bits per heavy atom. The SMILES string of the molecule is CCCCCCOc1ccc(C(=O)Oc2ccc(OC(=O)c3ccc(OCCCCCC)cc3)c(CCCCCCCCCCCBr)c2)cc1. The molecule has 0 aromatic heterocycles. The van der Waals surface area contributed by atoms with E-state index in [2.05, 4.69) is 29.8 Å². The Hall–Kier alpha value is -3.32. The Bertz CT molecular complexity index is 1350. The van der Waals surface area contributed by atoms with Gasteiger partial charge in [-0.2, -0.15) is 0 Å². The lowest BCUT2D eigenvalue weighted by molar-refractivity contribution is 0.0718. The molecule has 0 aliphatic carbocycles. The summed E-state index contributed by atoms with van der Waals surface area (Å²) in [5.41, 5.74) is 1.74. The van der Waals surface area contributed by atoms with Gasteiger partial charge in [0.2, 0.25) is 0 Å². The predicted molar refractivity (Wildman–Crippen MR) is 208 cm³/mol. The second-order valence-corrected chi connectivity index (χ2v) is 13.8. The second kappa shape index (κ2) is 25.6.